The summed E-state index contributed by atoms with van der Waals surface area (Å²) in [4.78, 5) is 28.9. The van der Waals surface area contributed by atoms with E-state index in [4.69, 9.17) is 27.9 Å². The molecule has 1 atom stereocenters. The van der Waals surface area contributed by atoms with Crippen molar-refractivity contribution in [3.8, 4) is 0 Å². The van der Waals surface area contributed by atoms with E-state index in [0.29, 0.717) is 27.1 Å². The second-order valence-corrected chi connectivity index (χ2v) is 7.81. The molecule has 134 valence electrons. The molecular formula is C17H13Cl2N3O3S. The van der Waals surface area contributed by atoms with Crippen molar-refractivity contribution >= 4 is 62.4 Å². The van der Waals surface area contributed by atoms with E-state index in [1.54, 1.807) is 11.0 Å². The molecule has 2 aromatic heterocycles. The Hall–Kier alpha value is -2.22. The number of aromatic nitrogens is 1. The van der Waals surface area contributed by atoms with Crippen LogP contribution in [0, 0.1) is 0 Å². The number of carbonyl (C=O) groups is 2. The van der Waals surface area contributed by atoms with Gasteiger partial charge in [-0.3, -0.25) is 9.69 Å². The van der Waals surface area contributed by atoms with Crippen LogP contribution in [0.5, 0.6) is 0 Å². The van der Waals surface area contributed by atoms with Crippen molar-refractivity contribution in [2.24, 2.45) is 0 Å². The Morgan fingerprint density at radius 1 is 1.35 bits per heavy atom. The van der Waals surface area contributed by atoms with E-state index >= 15 is 0 Å². The maximum atomic E-state index is 12.3. The number of halogens is 2. The molecule has 1 aliphatic heterocycles. The van der Waals surface area contributed by atoms with Crippen LogP contribution in [0.25, 0.3) is 10.2 Å². The van der Waals surface area contributed by atoms with Gasteiger partial charge in [0, 0.05) is 5.69 Å². The smallest absolute Gasteiger partial charge is 0.414 e. The Kier molecular flexibility index (Phi) is 4.52. The fourth-order valence-corrected chi connectivity index (χ4v) is 4.27. The lowest BCUT2D eigenvalue weighted by atomic mass is 10.2. The van der Waals surface area contributed by atoms with Gasteiger partial charge in [-0.25, -0.2) is 4.79 Å². The summed E-state index contributed by atoms with van der Waals surface area (Å²) >= 11 is 13.4. The number of anilines is 1. The molecule has 0 radical (unpaired) electrons. The molecule has 2 N–H and O–H groups in total. The van der Waals surface area contributed by atoms with Gasteiger partial charge in [0.25, 0.3) is 5.91 Å². The lowest BCUT2D eigenvalue weighted by Gasteiger charge is -2.12. The van der Waals surface area contributed by atoms with Crippen LogP contribution in [-0.2, 0) is 4.74 Å². The monoisotopic (exact) mass is 409 g/mol. The highest BCUT2D eigenvalue weighted by molar-refractivity contribution is 7.23. The molecule has 1 aromatic carbocycles. The van der Waals surface area contributed by atoms with Crippen molar-refractivity contribution in [3.05, 3.63) is 51.5 Å². The number of hydrogen-bond donors (Lipinski definition) is 2. The second kappa shape index (κ2) is 6.83. The minimum absolute atomic E-state index is 0.217. The zero-order valence-corrected chi connectivity index (χ0v) is 15.6. The number of nitrogens with one attached hydrogen (secondary N) is 2. The van der Waals surface area contributed by atoms with Crippen LogP contribution in [0.1, 0.15) is 10.5 Å². The lowest BCUT2D eigenvalue weighted by Crippen LogP contribution is -2.34. The quantitative estimate of drug-likeness (QED) is 0.674. The number of H-pyrrole nitrogens is 1. The Morgan fingerprint density at radius 2 is 2.12 bits per heavy atom. The third-order valence-electron chi connectivity index (χ3n) is 4.05. The first-order valence-electron chi connectivity index (χ1n) is 7.81. The van der Waals surface area contributed by atoms with Gasteiger partial charge in [-0.15, -0.1) is 11.3 Å². The van der Waals surface area contributed by atoms with Gasteiger partial charge >= 0.3 is 6.09 Å². The molecule has 1 fully saturated rings. The maximum absolute atomic E-state index is 12.3. The van der Waals surface area contributed by atoms with Gasteiger partial charge in [-0.1, -0.05) is 41.4 Å². The van der Waals surface area contributed by atoms with Gasteiger partial charge in [0.1, 0.15) is 16.1 Å². The molecule has 6 nitrogen and oxygen atoms in total. The number of nitrogens with zero attached hydrogens (tertiary/aromatic N) is 1. The van der Waals surface area contributed by atoms with Gasteiger partial charge in [-0.05, 0) is 18.2 Å². The molecule has 1 aliphatic rings. The number of amides is 2. The summed E-state index contributed by atoms with van der Waals surface area (Å²) in [5.74, 6) is -0.296. The highest BCUT2D eigenvalue weighted by Gasteiger charge is 2.32. The first-order chi connectivity index (χ1) is 12.5. The molecule has 1 saturated heterocycles. The summed E-state index contributed by atoms with van der Waals surface area (Å²) in [6.07, 6.45) is -0.835. The van der Waals surface area contributed by atoms with Crippen molar-refractivity contribution in [3.63, 3.8) is 0 Å². The van der Waals surface area contributed by atoms with Crippen LogP contribution < -0.4 is 10.2 Å². The third kappa shape index (κ3) is 3.13. The van der Waals surface area contributed by atoms with E-state index in [0.717, 1.165) is 10.4 Å². The predicted molar refractivity (Wildman–Crippen MR) is 103 cm³/mol. The Bertz CT molecular complexity index is 986. The van der Waals surface area contributed by atoms with Gasteiger partial charge in [0.2, 0.25) is 0 Å². The minimum atomic E-state index is -0.419. The van der Waals surface area contributed by atoms with Crippen LogP contribution in [0.4, 0.5) is 10.5 Å². The number of cyclic esters (lactones) is 1. The lowest BCUT2D eigenvalue weighted by molar-refractivity contribution is 0.0912. The highest BCUT2D eigenvalue weighted by atomic mass is 35.5. The van der Waals surface area contributed by atoms with Crippen LogP contribution in [0.3, 0.4) is 0 Å². The molecule has 0 spiro atoms. The molecule has 3 aromatic rings. The fraction of sp³-hybridized carbons (Fsp3) is 0.176. The van der Waals surface area contributed by atoms with E-state index in [9.17, 15) is 9.59 Å². The average Bonchev–Trinajstić information content (AvgIpc) is 3.29. The number of para-hydroxylation sites is 1. The molecule has 9 heteroatoms. The standard InChI is InChI=1S/C17H13Cl2N3O3S/c18-13-14-12(26-15(13)19)6-11(21-14)16(23)20-7-10-8-22(17(24)25-10)9-4-2-1-3-5-9/h1-6,10,21H,7-8H2,(H,20,23)/t10-/m0/s1. The number of ether oxygens (including phenoxy) is 1. The van der Waals surface area contributed by atoms with E-state index in [1.165, 1.54) is 11.3 Å². The summed E-state index contributed by atoms with van der Waals surface area (Å²) in [7, 11) is 0. The molecule has 26 heavy (non-hydrogen) atoms. The molecule has 0 aliphatic carbocycles. The SMILES string of the molecule is O=C(NC[C@H]1CN(c2ccccc2)C(=O)O1)c1cc2sc(Cl)c(Cl)c2[nH]1. The Balaban J connectivity index is 1.39. The Labute approximate surface area is 162 Å². The zero-order chi connectivity index (χ0) is 18.3. The largest absolute Gasteiger partial charge is 0.442 e. The summed E-state index contributed by atoms with van der Waals surface area (Å²) in [6.45, 7) is 0.597. The predicted octanol–water partition coefficient (Wildman–Crippen LogP) is 4.29. The van der Waals surface area contributed by atoms with E-state index < -0.39 is 12.2 Å². The van der Waals surface area contributed by atoms with Crippen molar-refractivity contribution in [2.75, 3.05) is 18.0 Å². The van der Waals surface area contributed by atoms with E-state index in [-0.39, 0.29) is 12.5 Å². The molecule has 2 amide bonds. The first kappa shape index (κ1) is 17.2. The fourth-order valence-electron chi connectivity index (χ4n) is 2.79. The number of rotatable bonds is 4. The number of thiophene rings is 1. The average molecular weight is 410 g/mol. The number of hydrogen-bond acceptors (Lipinski definition) is 4. The topological polar surface area (TPSA) is 74.4 Å². The summed E-state index contributed by atoms with van der Waals surface area (Å²) in [6, 6.07) is 11.0. The van der Waals surface area contributed by atoms with Gasteiger partial charge in [-0.2, -0.15) is 0 Å². The molecular weight excluding hydrogens is 397 g/mol. The summed E-state index contributed by atoms with van der Waals surface area (Å²) in [5, 5.41) is 3.18. The van der Waals surface area contributed by atoms with E-state index in [2.05, 4.69) is 10.3 Å². The van der Waals surface area contributed by atoms with E-state index in [1.807, 2.05) is 30.3 Å². The molecule has 0 bridgehead atoms. The molecule has 4 rings (SSSR count). The normalized spacial score (nSPS) is 16.9. The van der Waals surface area contributed by atoms with Crippen molar-refractivity contribution in [1.29, 1.82) is 0 Å². The van der Waals surface area contributed by atoms with Gasteiger partial charge < -0.3 is 15.0 Å². The highest BCUT2D eigenvalue weighted by Crippen LogP contribution is 2.38. The summed E-state index contributed by atoms with van der Waals surface area (Å²) < 4.78 is 6.62. The van der Waals surface area contributed by atoms with Crippen LogP contribution in [0.15, 0.2) is 36.4 Å². The van der Waals surface area contributed by atoms with Crippen molar-refractivity contribution in [2.45, 2.75) is 6.10 Å². The number of carbonyl (C=O) groups excluding carboxylic acids is 2. The number of aromatic amines is 1. The first-order valence-corrected chi connectivity index (χ1v) is 9.38. The second-order valence-electron chi connectivity index (χ2n) is 5.77. The van der Waals surface area contributed by atoms with Gasteiger partial charge in [0.05, 0.1) is 28.3 Å². The summed E-state index contributed by atoms with van der Waals surface area (Å²) in [5.41, 5.74) is 1.80. The van der Waals surface area contributed by atoms with Crippen LogP contribution in [0.2, 0.25) is 9.36 Å². The molecule has 3 heterocycles. The zero-order valence-electron chi connectivity index (χ0n) is 13.3. The number of benzene rings is 1. The van der Waals surface area contributed by atoms with Crippen molar-refractivity contribution in [1.82, 2.24) is 10.3 Å². The van der Waals surface area contributed by atoms with Crippen LogP contribution >= 0.6 is 34.5 Å². The minimum Gasteiger partial charge on any atom is -0.442 e. The van der Waals surface area contributed by atoms with Gasteiger partial charge in [0.15, 0.2) is 0 Å². The molecule has 0 saturated carbocycles. The maximum Gasteiger partial charge on any atom is 0.414 e. The third-order valence-corrected chi connectivity index (χ3v) is 5.98. The van der Waals surface area contributed by atoms with Crippen molar-refractivity contribution < 1.29 is 14.3 Å². The Morgan fingerprint density at radius 3 is 2.85 bits per heavy atom. The molecule has 0 unspecified atom stereocenters. The van der Waals surface area contributed by atoms with Crippen LogP contribution in [-0.4, -0.2) is 36.2 Å². The number of fused-ring (bicyclic) bond motifs is 1.